The van der Waals surface area contributed by atoms with Gasteiger partial charge in [0.1, 0.15) is 11.4 Å². The fourth-order valence-corrected chi connectivity index (χ4v) is 5.08. The predicted octanol–water partition coefficient (Wildman–Crippen LogP) is 4.20. The van der Waals surface area contributed by atoms with Crippen LogP contribution in [0.4, 0.5) is 0 Å². The second-order valence-electron chi connectivity index (χ2n) is 6.09. The summed E-state index contributed by atoms with van der Waals surface area (Å²) >= 11 is 3.13. The first-order chi connectivity index (χ1) is 13.9. The Bertz CT molecular complexity index is 1450. The Morgan fingerprint density at radius 2 is 1.79 bits per heavy atom. The molecule has 0 saturated carbocycles. The van der Waals surface area contributed by atoms with Crippen molar-refractivity contribution in [2.45, 2.75) is 10.2 Å². The third-order valence-corrected chi connectivity index (χ3v) is 6.35. The standard InChI is InChI=1S/C19H11N7S2/c1-2-6-12(7-3-1)13-10-16(26-17(22-13)20-11-21-26)28-19-24-23-18-25(19)14-8-4-5-9-15(14)27-18/h1-11H. The molecule has 0 spiro atoms. The third kappa shape index (κ3) is 2.40. The van der Waals surface area contributed by atoms with Crippen LogP contribution < -0.4 is 0 Å². The van der Waals surface area contributed by atoms with Crippen molar-refractivity contribution in [2.75, 3.05) is 0 Å². The molecule has 0 aliphatic rings. The first-order valence-corrected chi connectivity index (χ1v) is 10.2. The first-order valence-electron chi connectivity index (χ1n) is 8.53. The van der Waals surface area contributed by atoms with Gasteiger partial charge in [-0.1, -0.05) is 53.8 Å². The molecule has 0 aliphatic carbocycles. The number of thiazole rings is 1. The summed E-state index contributed by atoms with van der Waals surface area (Å²) in [5, 5.41) is 14.7. The van der Waals surface area contributed by atoms with Gasteiger partial charge in [0.05, 0.1) is 15.9 Å². The van der Waals surface area contributed by atoms with Gasteiger partial charge in [0.25, 0.3) is 5.78 Å². The number of hydrogen-bond donors (Lipinski definition) is 0. The molecule has 0 fully saturated rings. The minimum Gasteiger partial charge on any atom is -0.260 e. The Balaban J connectivity index is 1.54. The monoisotopic (exact) mass is 401 g/mol. The molecule has 4 aromatic heterocycles. The molecule has 9 heteroatoms. The molecule has 134 valence electrons. The van der Waals surface area contributed by atoms with E-state index in [1.165, 1.54) is 22.8 Å². The molecule has 0 bridgehead atoms. The number of aromatic nitrogens is 7. The van der Waals surface area contributed by atoms with E-state index in [1.54, 1.807) is 15.9 Å². The molecule has 0 N–H and O–H groups in total. The van der Waals surface area contributed by atoms with Crippen molar-refractivity contribution in [3.05, 3.63) is 67.0 Å². The average molecular weight is 401 g/mol. The third-order valence-electron chi connectivity index (χ3n) is 4.40. The minimum atomic E-state index is 0.555. The van der Waals surface area contributed by atoms with Crippen LogP contribution in [0.2, 0.25) is 0 Å². The van der Waals surface area contributed by atoms with Crippen molar-refractivity contribution in [1.82, 2.24) is 34.2 Å². The van der Waals surface area contributed by atoms with E-state index in [9.17, 15) is 0 Å². The molecule has 0 radical (unpaired) electrons. The molecule has 7 nitrogen and oxygen atoms in total. The Morgan fingerprint density at radius 1 is 0.929 bits per heavy atom. The largest absolute Gasteiger partial charge is 0.260 e. The summed E-state index contributed by atoms with van der Waals surface area (Å²) in [7, 11) is 0. The van der Waals surface area contributed by atoms with Gasteiger partial charge in [-0.3, -0.25) is 4.40 Å². The van der Waals surface area contributed by atoms with Gasteiger partial charge in [-0.2, -0.15) is 14.6 Å². The summed E-state index contributed by atoms with van der Waals surface area (Å²) in [5.74, 6) is 0.555. The summed E-state index contributed by atoms with van der Waals surface area (Å²) in [5.41, 5.74) is 2.98. The summed E-state index contributed by atoms with van der Waals surface area (Å²) in [4.78, 5) is 9.79. The highest BCUT2D eigenvalue weighted by Gasteiger charge is 2.17. The summed E-state index contributed by atoms with van der Waals surface area (Å²) in [6, 6.07) is 20.3. The van der Waals surface area contributed by atoms with Crippen LogP contribution in [0.1, 0.15) is 0 Å². The van der Waals surface area contributed by atoms with Crippen LogP contribution in [-0.4, -0.2) is 34.2 Å². The van der Waals surface area contributed by atoms with E-state index >= 15 is 0 Å². The molecule has 4 heterocycles. The lowest BCUT2D eigenvalue weighted by Crippen LogP contribution is -1.98. The highest BCUT2D eigenvalue weighted by molar-refractivity contribution is 7.99. The fourth-order valence-electron chi connectivity index (χ4n) is 3.13. The zero-order valence-electron chi connectivity index (χ0n) is 14.3. The molecular formula is C19H11N7S2. The van der Waals surface area contributed by atoms with Crippen LogP contribution in [0.15, 0.2) is 77.2 Å². The van der Waals surface area contributed by atoms with Crippen molar-refractivity contribution in [2.24, 2.45) is 0 Å². The van der Waals surface area contributed by atoms with Crippen LogP contribution >= 0.6 is 23.1 Å². The quantitative estimate of drug-likeness (QED) is 0.414. The zero-order valence-corrected chi connectivity index (χ0v) is 15.9. The maximum Gasteiger partial charge on any atom is 0.253 e. The number of fused-ring (bicyclic) bond motifs is 4. The van der Waals surface area contributed by atoms with Crippen LogP contribution in [0.3, 0.4) is 0 Å². The second-order valence-corrected chi connectivity index (χ2v) is 8.09. The fraction of sp³-hybridized carbons (Fsp3) is 0. The lowest BCUT2D eigenvalue weighted by Gasteiger charge is -2.06. The highest BCUT2D eigenvalue weighted by Crippen LogP contribution is 2.34. The Hall–Kier alpha value is -3.30. The van der Waals surface area contributed by atoms with E-state index in [-0.39, 0.29) is 0 Å². The van der Waals surface area contributed by atoms with E-state index in [0.717, 1.165) is 31.9 Å². The van der Waals surface area contributed by atoms with Crippen molar-refractivity contribution < 1.29 is 0 Å². The highest BCUT2D eigenvalue weighted by atomic mass is 32.2. The summed E-state index contributed by atoms with van der Waals surface area (Å²) in [6.45, 7) is 0. The first kappa shape index (κ1) is 15.7. The molecule has 0 unspecified atom stereocenters. The van der Waals surface area contributed by atoms with E-state index in [2.05, 4.69) is 41.8 Å². The van der Waals surface area contributed by atoms with Crippen LogP contribution in [0, 0.1) is 0 Å². The zero-order chi connectivity index (χ0) is 18.5. The minimum absolute atomic E-state index is 0.555. The Morgan fingerprint density at radius 3 is 2.71 bits per heavy atom. The predicted molar refractivity (Wildman–Crippen MR) is 109 cm³/mol. The second kappa shape index (κ2) is 6.11. The molecule has 0 amide bonds. The maximum atomic E-state index is 4.63. The maximum absolute atomic E-state index is 4.63. The van der Waals surface area contributed by atoms with Crippen molar-refractivity contribution in [3.63, 3.8) is 0 Å². The molecule has 2 aromatic carbocycles. The van der Waals surface area contributed by atoms with E-state index in [0.29, 0.717) is 5.78 Å². The lowest BCUT2D eigenvalue weighted by atomic mass is 10.1. The number of hydrogen-bond acceptors (Lipinski definition) is 7. The number of para-hydroxylation sites is 1. The Kier molecular flexibility index (Phi) is 3.43. The normalized spacial score (nSPS) is 11.7. The SMILES string of the molecule is c1ccc(-c2cc(Sc3nnc4sc5ccccc5n34)n3ncnc3n2)cc1. The van der Waals surface area contributed by atoms with E-state index in [1.807, 2.05) is 48.5 Å². The Labute approximate surface area is 166 Å². The van der Waals surface area contributed by atoms with Crippen LogP contribution in [0.5, 0.6) is 0 Å². The summed E-state index contributed by atoms with van der Waals surface area (Å²) < 4.78 is 4.99. The molecule has 0 atom stereocenters. The van der Waals surface area contributed by atoms with Gasteiger partial charge < -0.3 is 0 Å². The van der Waals surface area contributed by atoms with Crippen molar-refractivity contribution in [1.29, 1.82) is 0 Å². The topological polar surface area (TPSA) is 73.3 Å². The smallest absolute Gasteiger partial charge is 0.253 e. The molecular weight excluding hydrogens is 390 g/mol. The number of nitrogens with zero attached hydrogens (tertiary/aromatic N) is 7. The molecule has 0 aliphatic heterocycles. The lowest BCUT2D eigenvalue weighted by molar-refractivity contribution is 0.837. The van der Waals surface area contributed by atoms with Crippen LogP contribution in [0.25, 0.3) is 32.2 Å². The van der Waals surface area contributed by atoms with Gasteiger partial charge in [-0.25, -0.2) is 4.98 Å². The molecule has 6 aromatic rings. The van der Waals surface area contributed by atoms with E-state index < -0.39 is 0 Å². The van der Waals surface area contributed by atoms with Gasteiger partial charge in [-0.05, 0) is 30.0 Å². The van der Waals surface area contributed by atoms with Crippen molar-refractivity contribution >= 4 is 44.1 Å². The molecule has 0 saturated heterocycles. The number of rotatable bonds is 3. The van der Waals surface area contributed by atoms with Gasteiger partial charge in [0.2, 0.25) is 10.1 Å². The van der Waals surface area contributed by atoms with Gasteiger partial charge >= 0.3 is 0 Å². The molecule has 28 heavy (non-hydrogen) atoms. The summed E-state index contributed by atoms with van der Waals surface area (Å²) in [6.07, 6.45) is 1.51. The molecule has 6 rings (SSSR count). The van der Waals surface area contributed by atoms with Crippen molar-refractivity contribution in [3.8, 4) is 11.3 Å². The van der Waals surface area contributed by atoms with Gasteiger partial charge in [0.15, 0.2) is 0 Å². The van der Waals surface area contributed by atoms with E-state index in [4.69, 9.17) is 0 Å². The average Bonchev–Trinajstić information content (AvgIpc) is 3.44. The van der Waals surface area contributed by atoms with Gasteiger partial charge in [-0.15, -0.1) is 10.2 Å². The number of benzene rings is 2. The van der Waals surface area contributed by atoms with Crippen LogP contribution in [-0.2, 0) is 0 Å². The van der Waals surface area contributed by atoms with Gasteiger partial charge in [0, 0.05) is 5.56 Å².